The summed E-state index contributed by atoms with van der Waals surface area (Å²) >= 11 is 1.16. The number of piperazine rings is 1. The van der Waals surface area contributed by atoms with E-state index in [9.17, 15) is 13.2 Å². The van der Waals surface area contributed by atoms with Gasteiger partial charge < -0.3 is 10.6 Å². The van der Waals surface area contributed by atoms with E-state index < -0.39 is 10.0 Å². The third-order valence-electron chi connectivity index (χ3n) is 4.82. The number of nitrogens with two attached hydrogens (primary N) is 1. The molecule has 1 aliphatic rings. The first kappa shape index (κ1) is 19.5. The number of nitrogen functional groups attached to an aromatic ring is 1. The molecule has 150 valence electrons. The summed E-state index contributed by atoms with van der Waals surface area (Å²) in [4.78, 5) is 18.3. The minimum Gasteiger partial charge on any atom is -0.384 e. The lowest BCUT2D eigenvalue weighted by molar-refractivity contribution is -0.134. The van der Waals surface area contributed by atoms with Crippen LogP contribution in [0.25, 0.3) is 10.1 Å². The number of hydrogen-bond donors (Lipinski definition) is 2. The number of benzene rings is 1. The lowest BCUT2D eigenvalue weighted by Gasteiger charge is -2.33. The van der Waals surface area contributed by atoms with Gasteiger partial charge in [-0.1, -0.05) is 24.3 Å². The number of carbonyl (C=O) groups excluding carboxylic acids is 1. The van der Waals surface area contributed by atoms with Gasteiger partial charge in [0.2, 0.25) is 5.91 Å². The molecule has 1 aromatic carbocycles. The number of nitrogens with zero attached hydrogens (tertiary/aromatic N) is 3. The lowest BCUT2D eigenvalue weighted by Crippen LogP contribution is -2.51. The number of amidine groups is 1. The highest BCUT2D eigenvalue weighted by Crippen LogP contribution is 2.30. The molecule has 0 unspecified atom stereocenters. The van der Waals surface area contributed by atoms with Crippen LogP contribution in [0.5, 0.6) is 0 Å². The van der Waals surface area contributed by atoms with Crippen molar-refractivity contribution in [3.63, 3.8) is 0 Å². The molecule has 0 atom stereocenters. The predicted molar refractivity (Wildman–Crippen MR) is 111 cm³/mol. The van der Waals surface area contributed by atoms with E-state index in [1.807, 2.05) is 12.1 Å². The number of sulfonamides is 1. The van der Waals surface area contributed by atoms with E-state index in [0.717, 1.165) is 27.0 Å². The molecule has 3 N–H and O–H groups in total. The lowest BCUT2D eigenvalue weighted by atomic mass is 10.1. The first-order valence-electron chi connectivity index (χ1n) is 8.89. The molecule has 3 aromatic rings. The molecule has 29 heavy (non-hydrogen) atoms. The molecule has 3 heterocycles. The van der Waals surface area contributed by atoms with Crippen LogP contribution in [0.2, 0.25) is 0 Å². The number of fused-ring (bicyclic) bond motifs is 1. The minimum absolute atomic E-state index is 0.0107. The normalized spacial score (nSPS) is 15.7. The number of amides is 1. The van der Waals surface area contributed by atoms with E-state index in [2.05, 4.69) is 4.98 Å². The predicted octanol–water partition coefficient (Wildman–Crippen LogP) is 1.61. The van der Waals surface area contributed by atoms with Gasteiger partial charge in [0.05, 0.1) is 11.2 Å². The molecular weight excluding hydrogens is 410 g/mol. The highest BCUT2D eigenvalue weighted by Gasteiger charge is 2.33. The Morgan fingerprint density at radius 1 is 1.21 bits per heavy atom. The molecule has 0 aliphatic carbocycles. The van der Waals surface area contributed by atoms with Gasteiger partial charge in [0.1, 0.15) is 10.0 Å². The van der Waals surface area contributed by atoms with Crippen LogP contribution in [0.3, 0.4) is 0 Å². The van der Waals surface area contributed by atoms with Crippen LogP contribution in [0.1, 0.15) is 11.1 Å². The van der Waals surface area contributed by atoms with Crippen molar-refractivity contribution in [1.29, 1.82) is 5.41 Å². The maximum atomic E-state index is 13.0. The van der Waals surface area contributed by atoms with Crippen molar-refractivity contribution in [3.8, 4) is 0 Å². The van der Waals surface area contributed by atoms with Crippen molar-refractivity contribution >= 4 is 43.2 Å². The van der Waals surface area contributed by atoms with Gasteiger partial charge in [0.15, 0.2) is 0 Å². The molecule has 0 spiro atoms. The van der Waals surface area contributed by atoms with E-state index in [0.29, 0.717) is 18.7 Å². The maximum absolute atomic E-state index is 13.0. The number of rotatable bonds is 5. The molecule has 8 nitrogen and oxygen atoms in total. The Kier molecular flexibility index (Phi) is 5.07. The minimum atomic E-state index is -3.73. The monoisotopic (exact) mass is 429 g/mol. The van der Waals surface area contributed by atoms with E-state index in [1.165, 1.54) is 4.31 Å². The molecule has 0 radical (unpaired) electrons. The number of hydrogen-bond acceptors (Lipinski definition) is 6. The van der Waals surface area contributed by atoms with Crippen molar-refractivity contribution in [2.45, 2.75) is 10.8 Å². The Balaban J connectivity index is 1.46. The van der Waals surface area contributed by atoms with Crippen LogP contribution in [0.15, 0.2) is 53.0 Å². The fourth-order valence-corrected chi connectivity index (χ4v) is 6.08. The van der Waals surface area contributed by atoms with Crippen LogP contribution in [-0.2, 0) is 21.4 Å². The largest absolute Gasteiger partial charge is 0.384 e. The Bertz CT molecular complexity index is 1160. The zero-order valence-corrected chi connectivity index (χ0v) is 17.0. The van der Waals surface area contributed by atoms with E-state index >= 15 is 0 Å². The number of carbonyl (C=O) groups is 1. The van der Waals surface area contributed by atoms with Gasteiger partial charge in [-0.05, 0) is 23.1 Å². The zero-order valence-electron chi connectivity index (χ0n) is 15.4. The molecule has 1 fully saturated rings. The second-order valence-electron chi connectivity index (χ2n) is 6.74. The van der Waals surface area contributed by atoms with Crippen molar-refractivity contribution in [2.75, 3.05) is 19.6 Å². The average Bonchev–Trinajstić information content (AvgIpc) is 3.15. The maximum Gasteiger partial charge on any atom is 0.253 e. The average molecular weight is 430 g/mol. The molecule has 4 rings (SSSR count). The smallest absolute Gasteiger partial charge is 0.253 e. The summed E-state index contributed by atoms with van der Waals surface area (Å²) in [5.41, 5.74) is 6.97. The van der Waals surface area contributed by atoms with Crippen LogP contribution < -0.4 is 5.73 Å². The van der Waals surface area contributed by atoms with Crippen LogP contribution >= 0.6 is 11.3 Å². The van der Waals surface area contributed by atoms with E-state index in [4.69, 9.17) is 11.1 Å². The first-order valence-corrected chi connectivity index (χ1v) is 11.1. The van der Waals surface area contributed by atoms with Crippen molar-refractivity contribution < 1.29 is 13.2 Å². The zero-order chi connectivity index (χ0) is 20.6. The second-order valence-corrected chi connectivity index (χ2v) is 9.99. The van der Waals surface area contributed by atoms with E-state index in [1.54, 1.807) is 41.6 Å². The van der Waals surface area contributed by atoms with Crippen molar-refractivity contribution in [3.05, 3.63) is 59.9 Å². The van der Waals surface area contributed by atoms with Gasteiger partial charge in [-0.15, -0.1) is 11.3 Å². The number of aromatic nitrogens is 1. The summed E-state index contributed by atoms with van der Waals surface area (Å²) in [7, 11) is -3.73. The van der Waals surface area contributed by atoms with Gasteiger partial charge in [-0.2, -0.15) is 4.31 Å². The van der Waals surface area contributed by atoms with Gasteiger partial charge in [-0.25, -0.2) is 8.42 Å². The third kappa shape index (κ3) is 3.86. The van der Waals surface area contributed by atoms with Crippen LogP contribution in [-0.4, -0.2) is 54.0 Å². The van der Waals surface area contributed by atoms with Crippen LogP contribution in [0.4, 0.5) is 0 Å². The molecule has 1 saturated heterocycles. The third-order valence-corrected chi connectivity index (χ3v) is 8.20. The highest BCUT2D eigenvalue weighted by atomic mass is 32.2. The van der Waals surface area contributed by atoms with E-state index in [-0.39, 0.29) is 29.0 Å². The number of pyridine rings is 1. The molecule has 0 saturated carbocycles. The Morgan fingerprint density at radius 2 is 1.97 bits per heavy atom. The van der Waals surface area contributed by atoms with Gasteiger partial charge in [0.25, 0.3) is 10.0 Å². The first-order chi connectivity index (χ1) is 13.8. The second kappa shape index (κ2) is 7.54. The van der Waals surface area contributed by atoms with Gasteiger partial charge in [0, 0.05) is 37.6 Å². The SMILES string of the molecule is N=C(N)c1ccc(CN2CCN(S(=O)(=O)c3cc4ccncc4s3)CC2=O)cc1. The van der Waals surface area contributed by atoms with Crippen molar-refractivity contribution in [2.24, 2.45) is 5.73 Å². The Morgan fingerprint density at radius 3 is 2.62 bits per heavy atom. The number of thiophene rings is 1. The standard InChI is InChI=1S/C19H19N5O3S2/c20-19(21)14-3-1-13(2-4-14)11-23-7-8-24(12-17(23)25)29(26,27)18-9-15-5-6-22-10-16(15)28-18/h1-6,9-10H,7-8,11-12H2,(H3,20,21). The summed E-state index contributed by atoms with van der Waals surface area (Å²) in [6, 6.07) is 10.5. The summed E-state index contributed by atoms with van der Waals surface area (Å²) in [6.45, 7) is 0.769. The summed E-state index contributed by atoms with van der Waals surface area (Å²) in [5, 5.41) is 8.25. The Labute approximate surface area is 172 Å². The van der Waals surface area contributed by atoms with Crippen LogP contribution in [0, 0.1) is 5.41 Å². The summed E-state index contributed by atoms with van der Waals surface area (Å²) in [6.07, 6.45) is 3.26. The molecule has 0 bridgehead atoms. The Hall–Kier alpha value is -2.82. The fraction of sp³-hybridized carbons (Fsp3) is 0.211. The topological polar surface area (TPSA) is 120 Å². The fourth-order valence-electron chi connectivity index (χ4n) is 3.18. The quantitative estimate of drug-likeness (QED) is 0.472. The van der Waals surface area contributed by atoms with Gasteiger partial charge >= 0.3 is 0 Å². The van der Waals surface area contributed by atoms with Gasteiger partial charge in [-0.3, -0.25) is 15.2 Å². The molecule has 1 aliphatic heterocycles. The summed E-state index contributed by atoms with van der Waals surface area (Å²) in [5.74, 6) is -0.248. The molecule has 10 heteroatoms. The molecule has 2 aromatic heterocycles. The number of nitrogens with one attached hydrogen (secondary N) is 1. The van der Waals surface area contributed by atoms with Crippen molar-refractivity contribution in [1.82, 2.24) is 14.2 Å². The molecule has 1 amide bonds. The molecular formula is C19H19N5O3S2. The summed E-state index contributed by atoms with van der Waals surface area (Å²) < 4.78 is 28.2. The highest BCUT2D eigenvalue weighted by molar-refractivity contribution is 7.91.